The number of hydrogen-bond acceptors (Lipinski definition) is 3. The fourth-order valence-corrected chi connectivity index (χ4v) is 2.96. The minimum atomic E-state index is -0.404. The molecule has 0 bridgehead atoms. The Morgan fingerprint density at radius 2 is 1.92 bits per heavy atom. The number of benzene rings is 1. The van der Waals surface area contributed by atoms with E-state index in [-0.39, 0.29) is 0 Å². The summed E-state index contributed by atoms with van der Waals surface area (Å²) in [4.78, 5) is 10.4. The number of para-hydroxylation sites is 1. The topological polar surface area (TPSA) is 60.1 Å². The molecule has 0 spiro atoms. The van der Waals surface area contributed by atoms with E-state index in [2.05, 4.69) is 29.8 Å². The molecule has 1 heterocycles. The summed E-state index contributed by atoms with van der Waals surface area (Å²) in [5.41, 5.74) is 2.04. The van der Waals surface area contributed by atoms with Crippen molar-refractivity contribution in [1.29, 1.82) is 0 Å². The zero-order valence-corrected chi connectivity index (χ0v) is 14.6. The Labute approximate surface area is 143 Å². The van der Waals surface area contributed by atoms with E-state index >= 15 is 0 Å². The molecule has 5 heteroatoms. The molecular weight excluding hydrogens is 302 g/mol. The maximum Gasteiger partial charge on any atom is 0.235 e. The number of aromatic nitrogens is 1. The van der Waals surface area contributed by atoms with Crippen LogP contribution in [0.4, 0.5) is 5.82 Å². The summed E-state index contributed by atoms with van der Waals surface area (Å²) in [6.07, 6.45) is 8.31. The first kappa shape index (κ1) is 18.0. The van der Waals surface area contributed by atoms with E-state index in [1.165, 1.54) is 12.8 Å². The van der Waals surface area contributed by atoms with Gasteiger partial charge in [0.25, 0.3) is 0 Å². The first-order chi connectivity index (χ1) is 11.7. The van der Waals surface area contributed by atoms with E-state index in [1.807, 2.05) is 18.2 Å². The third-order valence-electron chi connectivity index (χ3n) is 4.18. The van der Waals surface area contributed by atoms with Crippen molar-refractivity contribution >= 4 is 22.8 Å². The summed E-state index contributed by atoms with van der Waals surface area (Å²) < 4.78 is 2.27. The molecule has 0 radical (unpaired) electrons. The number of nitrogens with one attached hydrogen (secondary N) is 1. The molecule has 0 aliphatic rings. The van der Waals surface area contributed by atoms with E-state index in [4.69, 9.17) is 0 Å². The fourth-order valence-electron chi connectivity index (χ4n) is 2.96. The SMILES string of the molecule is CCCCCNc1c(C=C[N+](=O)[O-])c2ccccc2n1CCCC. The van der Waals surface area contributed by atoms with Crippen molar-refractivity contribution in [3.05, 3.63) is 46.1 Å². The number of hydrogen-bond donors (Lipinski definition) is 1. The predicted molar refractivity (Wildman–Crippen MR) is 101 cm³/mol. The minimum Gasteiger partial charge on any atom is -0.371 e. The molecule has 1 aromatic heterocycles. The van der Waals surface area contributed by atoms with E-state index in [1.54, 1.807) is 6.08 Å². The smallest absolute Gasteiger partial charge is 0.235 e. The number of rotatable bonds is 10. The Kier molecular flexibility index (Phi) is 6.85. The molecule has 24 heavy (non-hydrogen) atoms. The normalized spacial score (nSPS) is 11.4. The second-order valence-corrected chi connectivity index (χ2v) is 6.02. The van der Waals surface area contributed by atoms with Gasteiger partial charge in [0, 0.05) is 30.1 Å². The van der Waals surface area contributed by atoms with E-state index < -0.39 is 4.92 Å². The highest BCUT2D eigenvalue weighted by Gasteiger charge is 2.15. The highest BCUT2D eigenvalue weighted by Crippen LogP contribution is 2.32. The lowest BCUT2D eigenvalue weighted by Crippen LogP contribution is -2.09. The Morgan fingerprint density at radius 1 is 1.17 bits per heavy atom. The van der Waals surface area contributed by atoms with Crippen LogP contribution >= 0.6 is 0 Å². The molecular formula is C19H27N3O2. The fraction of sp³-hybridized carbons (Fsp3) is 0.474. The lowest BCUT2D eigenvalue weighted by atomic mass is 10.1. The lowest BCUT2D eigenvalue weighted by molar-refractivity contribution is -0.400. The van der Waals surface area contributed by atoms with Crippen molar-refractivity contribution in [3.8, 4) is 0 Å². The van der Waals surface area contributed by atoms with Crippen LogP contribution in [0.25, 0.3) is 17.0 Å². The van der Waals surface area contributed by atoms with Gasteiger partial charge in [-0.15, -0.1) is 0 Å². The van der Waals surface area contributed by atoms with Crippen molar-refractivity contribution in [2.24, 2.45) is 0 Å². The van der Waals surface area contributed by atoms with Gasteiger partial charge in [-0.3, -0.25) is 10.1 Å². The molecule has 1 aromatic carbocycles. The largest absolute Gasteiger partial charge is 0.371 e. The zero-order valence-electron chi connectivity index (χ0n) is 14.6. The van der Waals surface area contributed by atoms with Gasteiger partial charge in [-0.05, 0) is 18.9 Å². The first-order valence-corrected chi connectivity index (χ1v) is 8.85. The Morgan fingerprint density at radius 3 is 2.62 bits per heavy atom. The van der Waals surface area contributed by atoms with E-state index in [0.717, 1.165) is 60.8 Å². The third-order valence-corrected chi connectivity index (χ3v) is 4.18. The summed E-state index contributed by atoms with van der Waals surface area (Å²) in [6, 6.07) is 8.13. The van der Waals surface area contributed by atoms with Crippen molar-refractivity contribution in [2.75, 3.05) is 11.9 Å². The van der Waals surface area contributed by atoms with Crippen LogP contribution in [-0.4, -0.2) is 16.0 Å². The maximum atomic E-state index is 10.8. The van der Waals surface area contributed by atoms with Gasteiger partial charge in [0.1, 0.15) is 5.82 Å². The second kappa shape index (κ2) is 9.11. The summed E-state index contributed by atoms with van der Waals surface area (Å²) in [5, 5.41) is 15.4. The van der Waals surface area contributed by atoms with Crippen molar-refractivity contribution in [2.45, 2.75) is 52.5 Å². The molecule has 0 atom stereocenters. The van der Waals surface area contributed by atoms with Gasteiger partial charge in [0.15, 0.2) is 0 Å². The first-order valence-electron chi connectivity index (χ1n) is 8.85. The van der Waals surface area contributed by atoms with Gasteiger partial charge in [0.05, 0.1) is 10.4 Å². The lowest BCUT2D eigenvalue weighted by Gasteiger charge is -2.13. The number of aryl methyl sites for hydroxylation is 1. The standard InChI is InChI=1S/C19H27N3O2/c1-3-5-9-13-20-19-17(12-15-22(23)24)16-10-7-8-11-18(16)21(19)14-6-4-2/h7-8,10-12,15,20H,3-6,9,13-14H2,1-2H3. The van der Waals surface area contributed by atoms with Crippen molar-refractivity contribution < 1.29 is 4.92 Å². The molecule has 0 unspecified atom stereocenters. The van der Waals surface area contributed by atoms with Crippen LogP contribution in [0.3, 0.4) is 0 Å². The van der Waals surface area contributed by atoms with Crippen LogP contribution < -0.4 is 5.32 Å². The van der Waals surface area contributed by atoms with E-state index in [9.17, 15) is 10.1 Å². The predicted octanol–water partition coefficient (Wildman–Crippen LogP) is 5.29. The van der Waals surface area contributed by atoms with Crippen LogP contribution in [-0.2, 0) is 6.54 Å². The molecule has 1 N–H and O–H groups in total. The molecule has 0 aliphatic carbocycles. The number of nitro groups is 1. The van der Waals surface area contributed by atoms with Crippen LogP contribution in [0, 0.1) is 10.1 Å². The van der Waals surface area contributed by atoms with Crippen LogP contribution in [0.5, 0.6) is 0 Å². The second-order valence-electron chi connectivity index (χ2n) is 6.02. The summed E-state index contributed by atoms with van der Waals surface area (Å²) in [6.45, 7) is 6.16. The van der Waals surface area contributed by atoms with Crippen LogP contribution in [0.1, 0.15) is 51.5 Å². The van der Waals surface area contributed by atoms with E-state index in [0.29, 0.717) is 0 Å². The summed E-state index contributed by atoms with van der Waals surface area (Å²) in [7, 11) is 0. The molecule has 5 nitrogen and oxygen atoms in total. The maximum absolute atomic E-state index is 10.8. The van der Waals surface area contributed by atoms with Gasteiger partial charge >= 0.3 is 0 Å². The number of nitrogens with zero attached hydrogens (tertiary/aromatic N) is 2. The summed E-state index contributed by atoms with van der Waals surface area (Å²) in [5.74, 6) is 0.999. The average molecular weight is 329 g/mol. The van der Waals surface area contributed by atoms with Gasteiger partial charge < -0.3 is 9.88 Å². The third kappa shape index (κ3) is 4.37. The Balaban J connectivity index is 2.45. The highest BCUT2D eigenvalue weighted by molar-refractivity contribution is 5.95. The molecule has 0 amide bonds. The summed E-state index contributed by atoms with van der Waals surface area (Å²) >= 11 is 0. The quantitative estimate of drug-likeness (QED) is 0.366. The van der Waals surface area contributed by atoms with Gasteiger partial charge in [-0.2, -0.15) is 0 Å². The molecule has 0 aliphatic heterocycles. The van der Waals surface area contributed by atoms with Crippen LogP contribution in [0.15, 0.2) is 30.5 Å². The van der Waals surface area contributed by atoms with Crippen molar-refractivity contribution in [3.63, 3.8) is 0 Å². The van der Waals surface area contributed by atoms with Gasteiger partial charge in [-0.25, -0.2) is 0 Å². The number of unbranched alkanes of at least 4 members (excludes halogenated alkanes) is 3. The van der Waals surface area contributed by atoms with Gasteiger partial charge in [0.2, 0.25) is 6.20 Å². The molecule has 0 saturated carbocycles. The number of fused-ring (bicyclic) bond motifs is 1. The average Bonchev–Trinajstić information content (AvgIpc) is 2.88. The monoisotopic (exact) mass is 329 g/mol. The highest BCUT2D eigenvalue weighted by atomic mass is 16.6. The number of anilines is 1. The molecule has 2 aromatic rings. The Bertz CT molecular complexity index is 704. The van der Waals surface area contributed by atoms with Gasteiger partial charge in [-0.1, -0.05) is 51.3 Å². The molecule has 130 valence electrons. The van der Waals surface area contributed by atoms with Crippen LogP contribution in [0.2, 0.25) is 0 Å². The Hall–Kier alpha value is -2.30. The zero-order chi connectivity index (χ0) is 17.4. The van der Waals surface area contributed by atoms with Crippen molar-refractivity contribution in [1.82, 2.24) is 4.57 Å². The molecule has 0 saturated heterocycles. The molecule has 0 fully saturated rings. The minimum absolute atomic E-state index is 0.404. The molecule has 2 rings (SSSR count).